The predicted octanol–water partition coefficient (Wildman–Crippen LogP) is 4.64. The zero-order valence-electron chi connectivity index (χ0n) is 19.0. The highest BCUT2D eigenvalue weighted by Crippen LogP contribution is 2.29. The molecule has 0 bridgehead atoms. The Morgan fingerprint density at radius 2 is 1.69 bits per heavy atom. The molecule has 0 spiro atoms. The molecule has 1 fully saturated rings. The van der Waals surface area contributed by atoms with Crippen molar-refractivity contribution in [1.29, 1.82) is 0 Å². The van der Waals surface area contributed by atoms with E-state index in [0.29, 0.717) is 36.6 Å². The molecular weight excluding hydrogens is 424 g/mol. The fourth-order valence-electron chi connectivity index (χ4n) is 4.68. The highest BCUT2D eigenvalue weighted by molar-refractivity contribution is 7.89. The molecule has 1 N–H and O–H groups in total. The van der Waals surface area contributed by atoms with Gasteiger partial charge >= 0.3 is 0 Å². The quantitative estimate of drug-likeness (QED) is 0.609. The molecule has 1 unspecified atom stereocenters. The molecule has 1 aromatic heterocycles. The van der Waals surface area contributed by atoms with Crippen LogP contribution in [0.5, 0.6) is 0 Å². The first-order valence-electron chi connectivity index (χ1n) is 11.0. The second kappa shape index (κ2) is 8.71. The van der Waals surface area contributed by atoms with Crippen LogP contribution in [-0.4, -0.2) is 31.7 Å². The Morgan fingerprint density at radius 1 is 1.06 bits per heavy atom. The number of nitrogens with zero attached hydrogens (tertiary/aromatic N) is 1. The Balaban J connectivity index is 1.40. The summed E-state index contributed by atoms with van der Waals surface area (Å²) in [5, 5.41) is 4.04. The van der Waals surface area contributed by atoms with Crippen LogP contribution in [0.2, 0.25) is 0 Å². The number of sulfonamides is 1. The largest absolute Gasteiger partial charge is 0.459 e. The van der Waals surface area contributed by atoms with E-state index in [-0.39, 0.29) is 17.9 Å². The minimum absolute atomic E-state index is 0.0577. The lowest BCUT2D eigenvalue weighted by Crippen LogP contribution is -2.43. The van der Waals surface area contributed by atoms with E-state index in [9.17, 15) is 13.2 Å². The van der Waals surface area contributed by atoms with Crippen LogP contribution in [0.4, 0.5) is 0 Å². The fraction of sp³-hybridized carbons (Fsp3) is 0.400. The van der Waals surface area contributed by atoms with Gasteiger partial charge in [-0.05, 0) is 63.8 Å². The molecule has 32 heavy (non-hydrogen) atoms. The summed E-state index contributed by atoms with van der Waals surface area (Å²) in [5.74, 6) is 0.441. The average molecular weight is 455 g/mol. The number of fused-ring (bicyclic) bond motifs is 1. The molecule has 0 saturated carbocycles. The molecule has 3 aromatic rings. The first-order chi connectivity index (χ1) is 15.2. The SMILES string of the molecule is Cc1cc(C)c(S(=O)(=O)N2CCC(C(=O)NC(C)c3cc4ccccc4o3)CC2)c(C)c1. The zero-order valence-corrected chi connectivity index (χ0v) is 19.8. The number of para-hydroxylation sites is 1. The van der Waals surface area contributed by atoms with E-state index < -0.39 is 10.0 Å². The summed E-state index contributed by atoms with van der Waals surface area (Å²) < 4.78 is 33.9. The molecular formula is C25H30N2O4S. The lowest BCUT2D eigenvalue weighted by atomic mass is 9.97. The number of aryl methyl sites for hydroxylation is 3. The smallest absolute Gasteiger partial charge is 0.243 e. The van der Waals surface area contributed by atoms with E-state index >= 15 is 0 Å². The van der Waals surface area contributed by atoms with Crippen molar-refractivity contribution in [2.45, 2.75) is 51.5 Å². The van der Waals surface area contributed by atoms with Gasteiger partial charge in [-0.15, -0.1) is 0 Å². The molecule has 2 aromatic carbocycles. The van der Waals surface area contributed by atoms with Crippen LogP contribution in [0.15, 0.2) is 51.8 Å². The molecule has 2 heterocycles. The second-order valence-electron chi connectivity index (χ2n) is 8.82. The van der Waals surface area contributed by atoms with Gasteiger partial charge in [-0.3, -0.25) is 4.79 Å². The molecule has 1 atom stereocenters. The van der Waals surface area contributed by atoms with E-state index in [0.717, 1.165) is 27.7 Å². The topological polar surface area (TPSA) is 79.6 Å². The van der Waals surface area contributed by atoms with Crippen LogP contribution in [0.3, 0.4) is 0 Å². The second-order valence-corrected chi connectivity index (χ2v) is 10.7. The van der Waals surface area contributed by atoms with Crippen molar-refractivity contribution >= 4 is 26.9 Å². The van der Waals surface area contributed by atoms with Crippen LogP contribution in [0.1, 0.15) is 48.3 Å². The lowest BCUT2D eigenvalue weighted by molar-refractivity contribution is -0.126. The van der Waals surface area contributed by atoms with Gasteiger partial charge in [0.15, 0.2) is 0 Å². The number of hydrogen-bond donors (Lipinski definition) is 1. The van der Waals surface area contributed by atoms with Gasteiger partial charge in [-0.2, -0.15) is 4.31 Å². The van der Waals surface area contributed by atoms with Crippen LogP contribution < -0.4 is 5.32 Å². The number of furan rings is 1. The van der Waals surface area contributed by atoms with Crippen molar-refractivity contribution in [3.8, 4) is 0 Å². The number of carbonyl (C=O) groups is 1. The Bertz CT molecular complexity index is 1200. The number of rotatable bonds is 5. The summed E-state index contributed by atoms with van der Waals surface area (Å²) >= 11 is 0. The van der Waals surface area contributed by atoms with Crippen molar-refractivity contribution < 1.29 is 17.6 Å². The number of piperidine rings is 1. The van der Waals surface area contributed by atoms with Crippen molar-refractivity contribution in [3.05, 3.63) is 64.9 Å². The van der Waals surface area contributed by atoms with Crippen LogP contribution in [0.25, 0.3) is 11.0 Å². The van der Waals surface area contributed by atoms with Crippen LogP contribution in [0, 0.1) is 26.7 Å². The third kappa shape index (κ3) is 4.32. The van der Waals surface area contributed by atoms with Crippen molar-refractivity contribution in [3.63, 3.8) is 0 Å². The van der Waals surface area contributed by atoms with E-state index in [4.69, 9.17) is 4.42 Å². The first kappa shape index (κ1) is 22.6. The fourth-order valence-corrected chi connectivity index (χ4v) is 6.56. The molecule has 170 valence electrons. The maximum atomic E-state index is 13.3. The van der Waals surface area contributed by atoms with Gasteiger partial charge in [0.25, 0.3) is 0 Å². The first-order valence-corrected chi connectivity index (χ1v) is 12.5. The minimum atomic E-state index is -3.58. The van der Waals surface area contributed by atoms with E-state index in [1.54, 1.807) is 0 Å². The maximum absolute atomic E-state index is 13.3. The lowest BCUT2D eigenvalue weighted by Gasteiger charge is -2.31. The standard InChI is InChI=1S/C25H30N2O4S/c1-16-13-17(2)24(18(3)14-16)32(29,30)27-11-9-20(10-12-27)25(28)26-19(4)23-15-21-7-5-6-8-22(21)31-23/h5-8,13-15,19-20H,9-12H2,1-4H3,(H,26,28). The molecule has 0 aliphatic carbocycles. The Kier molecular flexibility index (Phi) is 6.14. The Labute approximate surface area is 189 Å². The third-order valence-corrected chi connectivity index (χ3v) is 8.46. The monoisotopic (exact) mass is 454 g/mol. The summed E-state index contributed by atoms with van der Waals surface area (Å²) in [7, 11) is -3.58. The zero-order chi connectivity index (χ0) is 23.0. The van der Waals surface area contributed by atoms with E-state index in [1.807, 2.05) is 70.2 Å². The third-order valence-electron chi connectivity index (χ3n) is 6.26. The molecule has 1 aliphatic rings. The van der Waals surface area contributed by atoms with Crippen molar-refractivity contribution in [2.75, 3.05) is 13.1 Å². The van der Waals surface area contributed by atoms with E-state index in [2.05, 4.69) is 5.32 Å². The maximum Gasteiger partial charge on any atom is 0.243 e. The Hall–Kier alpha value is -2.64. The molecule has 0 radical (unpaired) electrons. The van der Waals surface area contributed by atoms with Crippen molar-refractivity contribution in [1.82, 2.24) is 9.62 Å². The van der Waals surface area contributed by atoms with Crippen LogP contribution >= 0.6 is 0 Å². The number of carbonyl (C=O) groups excluding carboxylic acids is 1. The minimum Gasteiger partial charge on any atom is -0.459 e. The van der Waals surface area contributed by atoms with Gasteiger partial charge in [0.2, 0.25) is 15.9 Å². The predicted molar refractivity (Wildman–Crippen MR) is 125 cm³/mol. The molecule has 6 nitrogen and oxygen atoms in total. The van der Waals surface area contributed by atoms with Gasteiger partial charge in [0.1, 0.15) is 11.3 Å². The van der Waals surface area contributed by atoms with E-state index in [1.165, 1.54) is 4.31 Å². The summed E-state index contributed by atoms with van der Waals surface area (Å²) in [6.07, 6.45) is 1.00. The number of benzene rings is 2. The van der Waals surface area contributed by atoms with Gasteiger partial charge in [0.05, 0.1) is 10.9 Å². The summed E-state index contributed by atoms with van der Waals surface area (Å²) in [5.41, 5.74) is 3.38. The molecule has 1 saturated heterocycles. The highest BCUT2D eigenvalue weighted by Gasteiger charge is 2.34. The summed E-state index contributed by atoms with van der Waals surface area (Å²) in [4.78, 5) is 13.2. The Morgan fingerprint density at radius 3 is 2.31 bits per heavy atom. The summed E-state index contributed by atoms with van der Waals surface area (Å²) in [6.45, 7) is 8.22. The van der Waals surface area contributed by atoms with Gasteiger partial charge in [0, 0.05) is 24.4 Å². The highest BCUT2D eigenvalue weighted by atomic mass is 32.2. The number of amides is 1. The molecule has 1 amide bonds. The van der Waals surface area contributed by atoms with Gasteiger partial charge in [-0.25, -0.2) is 8.42 Å². The van der Waals surface area contributed by atoms with Gasteiger partial charge < -0.3 is 9.73 Å². The molecule has 4 rings (SSSR count). The molecule has 7 heteroatoms. The average Bonchev–Trinajstić information content (AvgIpc) is 3.17. The van der Waals surface area contributed by atoms with Crippen molar-refractivity contribution in [2.24, 2.45) is 5.92 Å². The van der Waals surface area contributed by atoms with Gasteiger partial charge in [-0.1, -0.05) is 35.9 Å². The number of nitrogens with one attached hydrogen (secondary N) is 1. The summed E-state index contributed by atoms with van der Waals surface area (Å²) in [6, 6.07) is 13.2. The molecule has 1 aliphatic heterocycles. The normalized spacial score (nSPS) is 16.9. The number of hydrogen-bond acceptors (Lipinski definition) is 4. The van der Waals surface area contributed by atoms with Crippen LogP contribution in [-0.2, 0) is 14.8 Å².